The van der Waals surface area contributed by atoms with Crippen molar-refractivity contribution in [2.75, 3.05) is 18.0 Å². The maximum Gasteiger partial charge on any atom is 0.325 e. The summed E-state index contributed by atoms with van der Waals surface area (Å²) in [5.41, 5.74) is 4.05. The van der Waals surface area contributed by atoms with Gasteiger partial charge in [-0.2, -0.15) is 0 Å². The number of nitro groups is 1. The van der Waals surface area contributed by atoms with Gasteiger partial charge in [0, 0.05) is 19.2 Å². The SMILES string of the molecule is NC1(C(=O)O)CCN(c2ccc([N+](=O)[O-])cc2F)C1. The molecule has 1 saturated heterocycles. The van der Waals surface area contributed by atoms with Gasteiger partial charge in [-0.15, -0.1) is 0 Å². The largest absolute Gasteiger partial charge is 0.480 e. The summed E-state index contributed by atoms with van der Waals surface area (Å²) in [5, 5.41) is 19.5. The second kappa shape index (κ2) is 4.47. The van der Waals surface area contributed by atoms with Gasteiger partial charge in [0.05, 0.1) is 16.7 Å². The summed E-state index contributed by atoms with van der Waals surface area (Å²) >= 11 is 0. The van der Waals surface area contributed by atoms with Gasteiger partial charge < -0.3 is 15.7 Å². The zero-order valence-electron chi connectivity index (χ0n) is 9.88. The molecule has 0 aromatic heterocycles. The fraction of sp³-hybridized carbons (Fsp3) is 0.364. The summed E-state index contributed by atoms with van der Waals surface area (Å²) in [6, 6.07) is 3.25. The van der Waals surface area contributed by atoms with Crippen LogP contribution in [0.2, 0.25) is 0 Å². The molecule has 102 valence electrons. The van der Waals surface area contributed by atoms with Gasteiger partial charge in [-0.3, -0.25) is 14.9 Å². The summed E-state index contributed by atoms with van der Waals surface area (Å²) in [7, 11) is 0. The van der Waals surface area contributed by atoms with Gasteiger partial charge in [0.15, 0.2) is 5.82 Å². The predicted octanol–water partition coefficient (Wildman–Crippen LogP) is 0.726. The molecule has 1 atom stereocenters. The smallest absolute Gasteiger partial charge is 0.325 e. The molecule has 1 fully saturated rings. The lowest BCUT2D eigenvalue weighted by atomic mass is 10.0. The first-order chi connectivity index (χ1) is 8.83. The molecule has 2 rings (SSSR count). The predicted molar refractivity (Wildman–Crippen MR) is 64.4 cm³/mol. The van der Waals surface area contributed by atoms with Crippen molar-refractivity contribution in [3.63, 3.8) is 0 Å². The minimum absolute atomic E-state index is 0.0307. The Hall–Kier alpha value is -2.22. The molecular weight excluding hydrogens is 257 g/mol. The molecule has 1 aromatic carbocycles. The molecule has 0 bridgehead atoms. The number of benzene rings is 1. The minimum atomic E-state index is -1.41. The number of nitrogens with zero attached hydrogens (tertiary/aromatic N) is 2. The molecule has 3 N–H and O–H groups in total. The number of non-ortho nitro benzene ring substituents is 1. The second-order valence-corrected chi connectivity index (χ2v) is 4.53. The van der Waals surface area contributed by atoms with Crippen LogP contribution < -0.4 is 10.6 Å². The third-order valence-electron chi connectivity index (χ3n) is 3.21. The molecule has 0 spiro atoms. The molecule has 1 aliphatic heterocycles. The number of carbonyl (C=O) groups is 1. The fourth-order valence-electron chi connectivity index (χ4n) is 2.08. The third kappa shape index (κ3) is 2.34. The van der Waals surface area contributed by atoms with Crippen LogP contribution in [0.3, 0.4) is 0 Å². The maximum atomic E-state index is 13.8. The first-order valence-corrected chi connectivity index (χ1v) is 5.55. The van der Waals surface area contributed by atoms with Crippen LogP contribution in [0.5, 0.6) is 0 Å². The van der Waals surface area contributed by atoms with E-state index < -0.39 is 22.2 Å². The number of carboxylic acids is 1. The van der Waals surface area contributed by atoms with E-state index in [0.717, 1.165) is 6.07 Å². The van der Waals surface area contributed by atoms with Crippen LogP contribution in [-0.4, -0.2) is 34.6 Å². The summed E-state index contributed by atoms with van der Waals surface area (Å²) in [5.74, 6) is -1.90. The summed E-state index contributed by atoms with van der Waals surface area (Å²) < 4.78 is 13.8. The highest BCUT2D eigenvalue weighted by Crippen LogP contribution is 2.29. The van der Waals surface area contributed by atoms with E-state index in [1.165, 1.54) is 17.0 Å². The van der Waals surface area contributed by atoms with Gasteiger partial charge >= 0.3 is 5.97 Å². The zero-order chi connectivity index (χ0) is 14.2. The third-order valence-corrected chi connectivity index (χ3v) is 3.21. The van der Waals surface area contributed by atoms with Crippen LogP contribution >= 0.6 is 0 Å². The van der Waals surface area contributed by atoms with Gasteiger partial charge in [0.1, 0.15) is 5.54 Å². The van der Waals surface area contributed by atoms with Crippen molar-refractivity contribution in [2.45, 2.75) is 12.0 Å². The maximum absolute atomic E-state index is 13.8. The molecule has 0 amide bonds. The van der Waals surface area contributed by atoms with Gasteiger partial charge in [-0.25, -0.2) is 4.39 Å². The Kier molecular flexibility index (Phi) is 3.11. The molecule has 0 saturated carbocycles. The Labute approximate surface area is 107 Å². The fourth-order valence-corrected chi connectivity index (χ4v) is 2.08. The van der Waals surface area contributed by atoms with Crippen molar-refractivity contribution in [1.82, 2.24) is 0 Å². The van der Waals surface area contributed by atoms with E-state index in [1.807, 2.05) is 0 Å². The number of halogens is 1. The lowest BCUT2D eigenvalue weighted by molar-refractivity contribution is -0.385. The van der Waals surface area contributed by atoms with E-state index >= 15 is 0 Å². The molecule has 0 aliphatic carbocycles. The number of hydrogen-bond donors (Lipinski definition) is 2. The highest BCUT2D eigenvalue weighted by Gasteiger charge is 2.42. The molecule has 1 unspecified atom stereocenters. The molecule has 1 aromatic rings. The summed E-state index contributed by atoms with van der Waals surface area (Å²) in [6.45, 7) is 0.259. The number of aliphatic carboxylic acids is 1. The minimum Gasteiger partial charge on any atom is -0.480 e. The highest BCUT2D eigenvalue weighted by molar-refractivity contribution is 5.80. The van der Waals surface area contributed by atoms with Gasteiger partial charge in [0.25, 0.3) is 5.69 Å². The Bertz CT molecular complexity index is 551. The number of rotatable bonds is 3. The Morgan fingerprint density at radius 2 is 2.26 bits per heavy atom. The van der Waals surface area contributed by atoms with E-state index in [9.17, 15) is 19.3 Å². The molecule has 1 aliphatic rings. The first kappa shape index (κ1) is 13.2. The van der Waals surface area contributed by atoms with Crippen LogP contribution in [0.1, 0.15) is 6.42 Å². The lowest BCUT2D eigenvalue weighted by Crippen LogP contribution is -2.50. The van der Waals surface area contributed by atoms with Crippen molar-refractivity contribution >= 4 is 17.3 Å². The average molecular weight is 269 g/mol. The number of carboxylic acid groups (broad SMARTS) is 1. The zero-order valence-corrected chi connectivity index (χ0v) is 9.88. The highest BCUT2D eigenvalue weighted by atomic mass is 19.1. The van der Waals surface area contributed by atoms with Crippen molar-refractivity contribution < 1.29 is 19.2 Å². The van der Waals surface area contributed by atoms with Crippen molar-refractivity contribution in [3.05, 3.63) is 34.1 Å². The molecule has 19 heavy (non-hydrogen) atoms. The van der Waals surface area contributed by atoms with E-state index in [2.05, 4.69) is 0 Å². The van der Waals surface area contributed by atoms with Gasteiger partial charge in [-0.1, -0.05) is 0 Å². The number of anilines is 1. The molecule has 8 heteroatoms. The molecule has 7 nitrogen and oxygen atoms in total. The quantitative estimate of drug-likeness (QED) is 0.618. The number of nitro benzene ring substituents is 1. The molecule has 1 heterocycles. The van der Waals surface area contributed by atoms with Crippen LogP contribution in [0.4, 0.5) is 15.8 Å². The van der Waals surface area contributed by atoms with Gasteiger partial charge in [0.2, 0.25) is 0 Å². The Morgan fingerprint density at radius 1 is 1.58 bits per heavy atom. The average Bonchev–Trinajstić information content (AvgIpc) is 2.73. The first-order valence-electron chi connectivity index (χ1n) is 5.55. The number of nitrogens with two attached hydrogens (primary N) is 1. The Balaban J connectivity index is 2.25. The summed E-state index contributed by atoms with van der Waals surface area (Å²) in [4.78, 5) is 22.3. The van der Waals surface area contributed by atoms with Crippen LogP contribution in [0.15, 0.2) is 18.2 Å². The van der Waals surface area contributed by atoms with E-state index in [4.69, 9.17) is 10.8 Å². The van der Waals surface area contributed by atoms with E-state index in [0.29, 0.717) is 0 Å². The summed E-state index contributed by atoms with van der Waals surface area (Å²) in [6.07, 6.45) is 0.193. The number of hydrogen-bond acceptors (Lipinski definition) is 5. The monoisotopic (exact) mass is 269 g/mol. The standard InChI is InChI=1S/C11H12FN3O4/c12-8-5-7(15(18)19)1-2-9(8)14-4-3-11(13,6-14)10(16)17/h1-2,5H,3-4,6,13H2,(H,16,17). The lowest BCUT2D eigenvalue weighted by Gasteiger charge is -2.21. The van der Waals surface area contributed by atoms with Gasteiger partial charge in [-0.05, 0) is 12.5 Å². The second-order valence-electron chi connectivity index (χ2n) is 4.53. The van der Waals surface area contributed by atoms with E-state index in [1.54, 1.807) is 0 Å². The van der Waals surface area contributed by atoms with Crippen LogP contribution in [-0.2, 0) is 4.79 Å². The molecule has 0 radical (unpaired) electrons. The van der Waals surface area contributed by atoms with Crippen LogP contribution in [0.25, 0.3) is 0 Å². The Morgan fingerprint density at radius 3 is 2.74 bits per heavy atom. The topological polar surface area (TPSA) is 110 Å². The normalized spacial score (nSPS) is 22.5. The van der Waals surface area contributed by atoms with E-state index in [-0.39, 0.29) is 30.9 Å². The van der Waals surface area contributed by atoms with Crippen molar-refractivity contribution in [3.8, 4) is 0 Å². The van der Waals surface area contributed by atoms with Crippen LogP contribution in [0, 0.1) is 15.9 Å². The molecular formula is C11H12FN3O4. The van der Waals surface area contributed by atoms with Crippen molar-refractivity contribution in [1.29, 1.82) is 0 Å². The van der Waals surface area contributed by atoms with Crippen molar-refractivity contribution in [2.24, 2.45) is 5.73 Å².